The normalized spacial score (nSPS) is 28.5. The molecule has 0 amide bonds. The molecule has 0 saturated carbocycles. The Hall–Kier alpha value is -0.970. The molecular weight excluding hydrogens is 304 g/mol. The molecule has 0 aliphatic carbocycles. The van der Waals surface area contributed by atoms with Crippen molar-refractivity contribution < 1.29 is 19.7 Å². The topological polar surface area (TPSA) is 66.8 Å². The second kappa shape index (κ2) is 10.1. The summed E-state index contributed by atoms with van der Waals surface area (Å²) >= 11 is 0. The van der Waals surface area contributed by atoms with Crippen molar-refractivity contribution in [2.75, 3.05) is 13.2 Å². The molecule has 1 fully saturated rings. The lowest BCUT2D eigenvalue weighted by molar-refractivity contribution is -0.118. The van der Waals surface area contributed by atoms with Gasteiger partial charge >= 0.3 is 0 Å². The molecule has 0 bridgehead atoms. The Morgan fingerprint density at radius 3 is 2.75 bits per heavy atom. The molecule has 24 heavy (non-hydrogen) atoms. The van der Waals surface area contributed by atoms with E-state index < -0.39 is 11.7 Å². The molecule has 3 atom stereocenters. The smallest absolute Gasteiger partial charge is 0.158 e. The van der Waals surface area contributed by atoms with Crippen LogP contribution in [0.15, 0.2) is 23.8 Å². The average molecular weight is 338 g/mol. The molecule has 1 heterocycles. The Labute approximate surface area is 146 Å². The van der Waals surface area contributed by atoms with E-state index in [-0.39, 0.29) is 18.3 Å². The van der Waals surface area contributed by atoms with Crippen LogP contribution in [0, 0.1) is 11.8 Å². The fourth-order valence-electron chi connectivity index (χ4n) is 2.94. The highest BCUT2D eigenvalue weighted by molar-refractivity contribution is 5.91. The van der Waals surface area contributed by atoms with E-state index in [1.807, 2.05) is 19.9 Å². The zero-order valence-electron chi connectivity index (χ0n) is 15.6. The summed E-state index contributed by atoms with van der Waals surface area (Å²) in [4.78, 5) is 12.0. The summed E-state index contributed by atoms with van der Waals surface area (Å²) in [5.41, 5.74) is 0.462. The van der Waals surface area contributed by atoms with Crippen LogP contribution in [0.25, 0.3) is 0 Å². The fourth-order valence-corrected chi connectivity index (χ4v) is 2.94. The molecule has 4 nitrogen and oxygen atoms in total. The van der Waals surface area contributed by atoms with E-state index in [0.29, 0.717) is 18.9 Å². The van der Waals surface area contributed by atoms with Crippen molar-refractivity contribution in [1.29, 1.82) is 0 Å². The van der Waals surface area contributed by atoms with Gasteiger partial charge in [-0.3, -0.25) is 4.79 Å². The molecule has 1 rings (SSSR count). The number of carbonyl (C=O) groups excluding carboxylic acids is 1. The van der Waals surface area contributed by atoms with Gasteiger partial charge in [-0.05, 0) is 56.6 Å². The number of hydrogen-bond acceptors (Lipinski definition) is 4. The number of ketones is 1. The maximum Gasteiger partial charge on any atom is 0.158 e. The molecule has 2 unspecified atom stereocenters. The lowest BCUT2D eigenvalue weighted by Crippen LogP contribution is -2.41. The number of carbonyl (C=O) groups is 1. The number of rotatable bonds is 8. The molecule has 2 N–H and O–H groups in total. The minimum Gasteiger partial charge on any atom is -0.392 e. The van der Waals surface area contributed by atoms with Gasteiger partial charge < -0.3 is 14.9 Å². The standard InChI is InChI=1S/C20H34O4/c1-15(2)7-9-18(22)16(3)6-5-12-20(4)19(23)10-8-17(11-13-21)14-24-20/h7,9,11,15-16,19,21,23H,5-6,8,10,12-14H2,1-4H3/t16?,19-,20?/m1/s1. The largest absolute Gasteiger partial charge is 0.392 e. The first kappa shape index (κ1) is 21.1. The summed E-state index contributed by atoms with van der Waals surface area (Å²) in [6.07, 6.45) is 8.65. The lowest BCUT2D eigenvalue weighted by atomic mass is 9.87. The Bertz CT molecular complexity index is 453. The zero-order chi connectivity index (χ0) is 18.2. The van der Waals surface area contributed by atoms with E-state index in [1.54, 1.807) is 12.2 Å². The van der Waals surface area contributed by atoms with Crippen LogP contribution in [0.1, 0.15) is 59.8 Å². The third-order valence-electron chi connectivity index (χ3n) is 4.85. The number of hydrogen-bond donors (Lipinski definition) is 2. The van der Waals surface area contributed by atoms with Crippen LogP contribution in [-0.2, 0) is 9.53 Å². The zero-order valence-corrected chi connectivity index (χ0v) is 15.6. The van der Waals surface area contributed by atoms with Gasteiger partial charge in [0.15, 0.2) is 5.78 Å². The molecule has 1 saturated heterocycles. The number of aliphatic hydroxyl groups excluding tert-OH is 2. The highest BCUT2D eigenvalue weighted by Gasteiger charge is 2.35. The van der Waals surface area contributed by atoms with Gasteiger partial charge in [0.1, 0.15) is 0 Å². The lowest BCUT2D eigenvalue weighted by Gasteiger charge is -2.33. The molecule has 4 heteroatoms. The van der Waals surface area contributed by atoms with Crippen molar-refractivity contribution in [2.45, 2.75) is 71.5 Å². The van der Waals surface area contributed by atoms with Crippen molar-refractivity contribution in [2.24, 2.45) is 11.8 Å². The Morgan fingerprint density at radius 1 is 1.42 bits per heavy atom. The molecule has 1 aliphatic rings. The second-order valence-electron chi connectivity index (χ2n) is 7.50. The van der Waals surface area contributed by atoms with Gasteiger partial charge in [0.05, 0.1) is 24.9 Å². The Balaban J connectivity index is 2.50. The summed E-state index contributed by atoms with van der Waals surface area (Å²) in [7, 11) is 0. The van der Waals surface area contributed by atoms with Gasteiger partial charge in [0, 0.05) is 5.92 Å². The van der Waals surface area contributed by atoms with E-state index in [9.17, 15) is 9.90 Å². The highest BCUT2D eigenvalue weighted by Crippen LogP contribution is 2.31. The predicted molar refractivity (Wildman–Crippen MR) is 96.8 cm³/mol. The first-order valence-electron chi connectivity index (χ1n) is 9.11. The average Bonchev–Trinajstić information content (AvgIpc) is 2.66. The maximum atomic E-state index is 12.0. The van der Waals surface area contributed by atoms with Crippen molar-refractivity contribution in [3.8, 4) is 0 Å². The van der Waals surface area contributed by atoms with Crippen LogP contribution in [0.4, 0.5) is 0 Å². The molecule has 0 aromatic heterocycles. The molecule has 0 spiro atoms. The fraction of sp³-hybridized carbons (Fsp3) is 0.750. The van der Waals surface area contributed by atoms with E-state index in [4.69, 9.17) is 9.84 Å². The molecule has 0 aromatic carbocycles. The summed E-state index contributed by atoms with van der Waals surface area (Å²) in [5, 5.41) is 19.4. The van der Waals surface area contributed by atoms with Gasteiger partial charge in [-0.25, -0.2) is 0 Å². The Morgan fingerprint density at radius 2 is 2.12 bits per heavy atom. The van der Waals surface area contributed by atoms with Crippen LogP contribution in [0.5, 0.6) is 0 Å². The van der Waals surface area contributed by atoms with Crippen molar-refractivity contribution in [3.63, 3.8) is 0 Å². The van der Waals surface area contributed by atoms with Crippen LogP contribution in [0.2, 0.25) is 0 Å². The highest BCUT2D eigenvalue weighted by atomic mass is 16.5. The van der Waals surface area contributed by atoms with Crippen molar-refractivity contribution in [3.05, 3.63) is 23.8 Å². The van der Waals surface area contributed by atoms with Crippen molar-refractivity contribution in [1.82, 2.24) is 0 Å². The SMILES string of the molecule is CC(C)C=CC(=O)C(C)CCCC1(C)OCC(=CCO)CC[C@H]1O. The Kier molecular flexibility index (Phi) is 8.88. The van der Waals surface area contributed by atoms with Crippen LogP contribution >= 0.6 is 0 Å². The van der Waals surface area contributed by atoms with Crippen LogP contribution < -0.4 is 0 Å². The third-order valence-corrected chi connectivity index (χ3v) is 4.85. The van der Waals surface area contributed by atoms with Gasteiger partial charge in [-0.2, -0.15) is 0 Å². The van der Waals surface area contributed by atoms with Crippen LogP contribution in [0.3, 0.4) is 0 Å². The van der Waals surface area contributed by atoms with Crippen LogP contribution in [-0.4, -0.2) is 40.9 Å². The second-order valence-corrected chi connectivity index (χ2v) is 7.50. The summed E-state index contributed by atoms with van der Waals surface area (Å²) in [6, 6.07) is 0. The molecule has 0 radical (unpaired) electrons. The monoisotopic (exact) mass is 338 g/mol. The molecule has 1 aliphatic heterocycles. The first-order chi connectivity index (χ1) is 11.3. The van der Waals surface area contributed by atoms with E-state index in [2.05, 4.69) is 13.8 Å². The molecule has 138 valence electrons. The predicted octanol–water partition coefficient (Wildman–Crippen LogP) is 3.42. The van der Waals surface area contributed by atoms with Gasteiger partial charge in [-0.1, -0.05) is 32.9 Å². The van der Waals surface area contributed by atoms with Gasteiger partial charge in [0.25, 0.3) is 0 Å². The number of ether oxygens (including phenoxy) is 1. The summed E-state index contributed by atoms with van der Waals surface area (Å²) in [5.74, 6) is 0.552. The van der Waals surface area contributed by atoms with E-state index in [1.165, 1.54) is 0 Å². The van der Waals surface area contributed by atoms with E-state index >= 15 is 0 Å². The number of aliphatic hydroxyl groups is 2. The van der Waals surface area contributed by atoms with Gasteiger partial charge in [0.2, 0.25) is 0 Å². The van der Waals surface area contributed by atoms with Gasteiger partial charge in [-0.15, -0.1) is 0 Å². The molecule has 0 aromatic rings. The summed E-state index contributed by atoms with van der Waals surface area (Å²) in [6.45, 7) is 8.49. The minimum atomic E-state index is -0.582. The summed E-state index contributed by atoms with van der Waals surface area (Å²) < 4.78 is 5.96. The van der Waals surface area contributed by atoms with E-state index in [0.717, 1.165) is 31.3 Å². The minimum absolute atomic E-state index is 0.00336. The number of allylic oxidation sites excluding steroid dienone is 2. The quantitative estimate of drug-likeness (QED) is 0.526. The molecular formula is C20H34O4. The first-order valence-corrected chi connectivity index (χ1v) is 9.11. The van der Waals surface area contributed by atoms with Crippen molar-refractivity contribution >= 4 is 5.78 Å². The maximum absolute atomic E-state index is 12.0. The third kappa shape index (κ3) is 6.88.